The Hall–Kier alpha value is -4.18. The van der Waals surface area contributed by atoms with Crippen LogP contribution in [-0.2, 0) is 14.3 Å². The molecule has 0 radical (unpaired) electrons. The summed E-state index contributed by atoms with van der Waals surface area (Å²) in [6.45, 7) is 0. The van der Waals surface area contributed by atoms with Crippen molar-refractivity contribution in [3.8, 4) is 22.3 Å². The first-order valence-corrected chi connectivity index (χ1v) is 11.4. The Kier molecular flexibility index (Phi) is 4.80. The number of fused-ring (bicyclic) bond motifs is 6. The molecule has 0 spiro atoms. The van der Waals surface area contributed by atoms with Crippen LogP contribution >= 0.6 is 0 Å². The van der Waals surface area contributed by atoms with Crippen molar-refractivity contribution in [1.29, 1.82) is 0 Å². The van der Waals surface area contributed by atoms with Crippen LogP contribution in [0.3, 0.4) is 0 Å². The molecule has 1 amide bonds. The summed E-state index contributed by atoms with van der Waals surface area (Å²) in [6.07, 6.45) is 0. The molecule has 166 valence electrons. The second-order valence-corrected chi connectivity index (χ2v) is 8.77. The predicted octanol–water partition coefficient (Wildman–Crippen LogP) is 5.27. The van der Waals surface area contributed by atoms with E-state index in [-0.39, 0.29) is 11.8 Å². The number of carbonyl (C=O) groups is 2. The SMILES string of the molecule is COC(=O)[C@H](NC(=O)C1c2ccccc2-c2ccccc21)C1c2ccccc2-c2ccccc21. The van der Waals surface area contributed by atoms with Crippen molar-refractivity contribution in [2.24, 2.45) is 0 Å². The van der Waals surface area contributed by atoms with Crippen LogP contribution in [0.2, 0.25) is 0 Å². The van der Waals surface area contributed by atoms with Gasteiger partial charge in [0.2, 0.25) is 5.91 Å². The van der Waals surface area contributed by atoms with Crippen molar-refractivity contribution in [2.75, 3.05) is 7.11 Å². The van der Waals surface area contributed by atoms with Gasteiger partial charge < -0.3 is 10.1 Å². The fourth-order valence-electron chi connectivity index (χ4n) is 5.63. The minimum atomic E-state index is -0.845. The van der Waals surface area contributed by atoms with Crippen molar-refractivity contribution in [2.45, 2.75) is 17.9 Å². The molecule has 0 bridgehead atoms. The number of benzene rings is 4. The lowest BCUT2D eigenvalue weighted by atomic mass is 9.88. The lowest BCUT2D eigenvalue weighted by Gasteiger charge is -2.26. The third-order valence-electron chi connectivity index (χ3n) is 7.06. The average Bonchev–Trinajstić information content (AvgIpc) is 3.40. The molecule has 34 heavy (non-hydrogen) atoms. The van der Waals surface area contributed by atoms with E-state index in [1.807, 2.05) is 84.9 Å². The van der Waals surface area contributed by atoms with Crippen LogP contribution in [0.25, 0.3) is 22.3 Å². The highest BCUT2D eigenvalue weighted by Gasteiger charge is 2.42. The number of carbonyl (C=O) groups excluding carboxylic acids is 2. The quantitative estimate of drug-likeness (QED) is 0.436. The maximum absolute atomic E-state index is 13.9. The zero-order valence-corrected chi connectivity index (χ0v) is 18.7. The number of esters is 1. The van der Waals surface area contributed by atoms with Crippen LogP contribution in [0.4, 0.5) is 0 Å². The Morgan fingerprint density at radius 3 is 1.47 bits per heavy atom. The molecule has 2 aliphatic carbocycles. The molecule has 2 aliphatic rings. The molecule has 0 aromatic heterocycles. The van der Waals surface area contributed by atoms with Crippen molar-refractivity contribution in [1.82, 2.24) is 5.32 Å². The van der Waals surface area contributed by atoms with Crippen LogP contribution in [0.5, 0.6) is 0 Å². The molecule has 0 heterocycles. The predicted molar refractivity (Wildman–Crippen MR) is 131 cm³/mol. The van der Waals surface area contributed by atoms with Gasteiger partial charge in [0.05, 0.1) is 13.0 Å². The normalized spacial score (nSPS) is 14.5. The Balaban J connectivity index is 1.43. The molecule has 4 nitrogen and oxygen atoms in total. The summed E-state index contributed by atoms with van der Waals surface area (Å²) < 4.78 is 5.20. The van der Waals surface area contributed by atoms with E-state index in [1.54, 1.807) is 0 Å². The van der Waals surface area contributed by atoms with E-state index >= 15 is 0 Å². The van der Waals surface area contributed by atoms with E-state index in [9.17, 15) is 9.59 Å². The summed E-state index contributed by atoms with van der Waals surface area (Å²) in [7, 11) is 1.37. The number of ether oxygens (including phenoxy) is 1. The Morgan fingerprint density at radius 2 is 1.03 bits per heavy atom. The second-order valence-electron chi connectivity index (χ2n) is 8.77. The highest BCUT2D eigenvalue weighted by Crippen LogP contribution is 2.48. The number of nitrogens with one attached hydrogen (secondary N) is 1. The van der Waals surface area contributed by atoms with Crippen molar-refractivity contribution < 1.29 is 14.3 Å². The van der Waals surface area contributed by atoms with E-state index in [0.717, 1.165) is 44.5 Å². The van der Waals surface area contributed by atoms with Gasteiger partial charge in [-0.05, 0) is 44.5 Å². The molecular weight excluding hydrogens is 422 g/mol. The van der Waals surface area contributed by atoms with E-state index in [2.05, 4.69) is 17.4 Å². The lowest BCUT2D eigenvalue weighted by molar-refractivity contribution is -0.145. The highest BCUT2D eigenvalue weighted by atomic mass is 16.5. The molecule has 6 rings (SSSR count). The van der Waals surface area contributed by atoms with E-state index in [0.29, 0.717) is 0 Å². The van der Waals surface area contributed by atoms with Crippen LogP contribution in [0.15, 0.2) is 97.1 Å². The topological polar surface area (TPSA) is 55.4 Å². The first-order chi connectivity index (χ1) is 16.7. The smallest absolute Gasteiger partial charge is 0.329 e. The standard InChI is InChI=1S/C30H23NO3/c1-34-30(33)28(26-22-14-6-2-10-18(22)19-11-3-7-15-23(19)26)31-29(32)27-24-16-8-4-12-20(24)21-13-5-9-17-25(21)27/h2-17,26-28H,1H3,(H,31,32)/t28-/m1/s1. The van der Waals surface area contributed by atoms with Gasteiger partial charge in [-0.25, -0.2) is 4.79 Å². The van der Waals surface area contributed by atoms with E-state index in [4.69, 9.17) is 4.74 Å². The zero-order chi connectivity index (χ0) is 23.2. The fraction of sp³-hybridized carbons (Fsp3) is 0.133. The van der Waals surface area contributed by atoms with Gasteiger partial charge >= 0.3 is 5.97 Å². The van der Waals surface area contributed by atoms with E-state index in [1.165, 1.54) is 7.11 Å². The van der Waals surface area contributed by atoms with Gasteiger partial charge in [0.15, 0.2) is 0 Å². The summed E-state index contributed by atoms with van der Waals surface area (Å²) in [5, 5.41) is 3.10. The molecular formula is C30H23NO3. The minimum absolute atomic E-state index is 0.199. The summed E-state index contributed by atoms with van der Waals surface area (Å²) in [5.41, 5.74) is 8.24. The Morgan fingerprint density at radius 1 is 0.647 bits per heavy atom. The van der Waals surface area contributed by atoms with Crippen molar-refractivity contribution >= 4 is 11.9 Å². The Bertz CT molecular complexity index is 1350. The molecule has 0 aliphatic heterocycles. The van der Waals surface area contributed by atoms with Crippen LogP contribution in [-0.4, -0.2) is 25.0 Å². The summed E-state index contributed by atoms with van der Waals surface area (Å²) in [5.74, 6) is -1.46. The van der Waals surface area contributed by atoms with Gasteiger partial charge in [-0.3, -0.25) is 4.79 Å². The Labute approximate surface area is 198 Å². The van der Waals surface area contributed by atoms with Gasteiger partial charge in [-0.2, -0.15) is 0 Å². The molecule has 0 fully saturated rings. The molecule has 4 aromatic carbocycles. The van der Waals surface area contributed by atoms with Gasteiger partial charge in [0.25, 0.3) is 0 Å². The van der Waals surface area contributed by atoms with Crippen molar-refractivity contribution in [3.05, 3.63) is 119 Å². The minimum Gasteiger partial charge on any atom is -0.467 e. The molecule has 0 saturated carbocycles. The molecule has 0 saturated heterocycles. The first-order valence-electron chi connectivity index (χ1n) is 11.4. The summed E-state index contributed by atoms with van der Waals surface area (Å²) in [6, 6.07) is 31.2. The van der Waals surface area contributed by atoms with Gasteiger partial charge in [0.1, 0.15) is 6.04 Å². The van der Waals surface area contributed by atoms with Gasteiger partial charge in [0, 0.05) is 5.92 Å². The third kappa shape index (κ3) is 2.99. The zero-order valence-electron chi connectivity index (χ0n) is 18.7. The highest BCUT2D eigenvalue weighted by molar-refractivity contribution is 5.98. The molecule has 1 atom stereocenters. The molecule has 0 unspecified atom stereocenters. The van der Waals surface area contributed by atoms with Gasteiger partial charge in [-0.15, -0.1) is 0 Å². The van der Waals surface area contributed by atoms with E-state index < -0.39 is 17.9 Å². The average molecular weight is 446 g/mol. The molecule has 4 aromatic rings. The lowest BCUT2D eigenvalue weighted by Crippen LogP contribution is -2.47. The maximum atomic E-state index is 13.9. The van der Waals surface area contributed by atoms with Crippen molar-refractivity contribution in [3.63, 3.8) is 0 Å². The summed E-state index contributed by atoms with van der Waals surface area (Å²) >= 11 is 0. The van der Waals surface area contributed by atoms with Crippen LogP contribution in [0, 0.1) is 0 Å². The number of hydrogen-bond donors (Lipinski definition) is 1. The molecule has 4 heteroatoms. The number of amides is 1. The molecule has 1 N–H and O–H groups in total. The monoisotopic (exact) mass is 445 g/mol. The maximum Gasteiger partial charge on any atom is 0.329 e. The third-order valence-corrected chi connectivity index (χ3v) is 7.06. The van der Waals surface area contributed by atoms with Crippen LogP contribution < -0.4 is 5.32 Å². The number of rotatable bonds is 4. The largest absolute Gasteiger partial charge is 0.467 e. The first kappa shape index (κ1) is 20.4. The van der Waals surface area contributed by atoms with Crippen LogP contribution in [0.1, 0.15) is 34.1 Å². The fourth-order valence-corrected chi connectivity index (χ4v) is 5.63. The van der Waals surface area contributed by atoms with Gasteiger partial charge in [-0.1, -0.05) is 97.1 Å². The number of methoxy groups -OCH3 is 1. The summed E-state index contributed by atoms with van der Waals surface area (Å²) in [4.78, 5) is 27.0. The number of hydrogen-bond acceptors (Lipinski definition) is 3. The second kappa shape index (κ2) is 7.99.